The van der Waals surface area contributed by atoms with Crippen molar-refractivity contribution in [3.8, 4) is 16.9 Å². The summed E-state index contributed by atoms with van der Waals surface area (Å²) in [5.74, 6) is 0.0580. The Labute approximate surface area is 130 Å². The third-order valence-corrected chi connectivity index (χ3v) is 3.35. The van der Waals surface area contributed by atoms with Crippen molar-refractivity contribution < 1.29 is 14.6 Å². The van der Waals surface area contributed by atoms with Gasteiger partial charge in [0.25, 0.3) is 0 Å². The van der Waals surface area contributed by atoms with Crippen molar-refractivity contribution in [2.24, 2.45) is 0 Å². The Kier molecular flexibility index (Phi) is 5.91. The molecule has 0 aliphatic heterocycles. The number of carboxylic acids is 1. The summed E-state index contributed by atoms with van der Waals surface area (Å²) < 4.78 is 5.38. The van der Waals surface area contributed by atoms with Crippen LogP contribution in [-0.4, -0.2) is 29.7 Å². The van der Waals surface area contributed by atoms with Crippen molar-refractivity contribution in [1.29, 1.82) is 0 Å². The van der Waals surface area contributed by atoms with Crippen molar-refractivity contribution in [1.82, 2.24) is 10.3 Å². The zero-order valence-electron chi connectivity index (χ0n) is 12.6. The molecule has 116 valence electrons. The van der Waals surface area contributed by atoms with Crippen LogP contribution in [0.2, 0.25) is 0 Å². The van der Waals surface area contributed by atoms with E-state index < -0.39 is 5.97 Å². The van der Waals surface area contributed by atoms with E-state index in [4.69, 9.17) is 9.84 Å². The molecule has 1 aromatic carbocycles. The Morgan fingerprint density at radius 2 is 2.00 bits per heavy atom. The molecule has 2 aromatic rings. The van der Waals surface area contributed by atoms with E-state index >= 15 is 0 Å². The first kappa shape index (κ1) is 16.0. The molecule has 0 atom stereocenters. The number of nitrogens with one attached hydrogen (secondary N) is 1. The summed E-state index contributed by atoms with van der Waals surface area (Å²) in [6.45, 7) is 1.30. The average Bonchev–Trinajstić information content (AvgIpc) is 2.55. The Balaban J connectivity index is 2.03. The van der Waals surface area contributed by atoms with Crippen molar-refractivity contribution in [3.05, 3.63) is 48.3 Å². The first-order valence-electron chi connectivity index (χ1n) is 7.20. The fourth-order valence-corrected chi connectivity index (χ4v) is 2.23. The van der Waals surface area contributed by atoms with E-state index in [0.717, 1.165) is 22.4 Å². The molecule has 2 N–H and O–H groups in total. The first-order chi connectivity index (χ1) is 10.7. The summed E-state index contributed by atoms with van der Waals surface area (Å²) >= 11 is 0. The summed E-state index contributed by atoms with van der Waals surface area (Å²) in [5, 5.41) is 11.9. The largest absolute Gasteiger partial charge is 0.496 e. The number of methoxy groups -OCH3 is 1. The molecule has 0 aliphatic rings. The lowest BCUT2D eigenvalue weighted by Gasteiger charge is -2.12. The SMILES string of the molecule is COc1ccc(-c2ccncc2)cc1CNCCCC(=O)O. The molecule has 0 amide bonds. The lowest BCUT2D eigenvalue weighted by Crippen LogP contribution is -2.16. The highest BCUT2D eigenvalue weighted by Gasteiger charge is 2.06. The van der Waals surface area contributed by atoms with E-state index in [1.54, 1.807) is 19.5 Å². The maximum Gasteiger partial charge on any atom is 0.303 e. The van der Waals surface area contributed by atoms with E-state index in [0.29, 0.717) is 19.5 Å². The van der Waals surface area contributed by atoms with Crippen molar-refractivity contribution in [2.75, 3.05) is 13.7 Å². The highest BCUT2D eigenvalue weighted by atomic mass is 16.5. The second kappa shape index (κ2) is 8.14. The predicted molar refractivity (Wildman–Crippen MR) is 84.8 cm³/mol. The van der Waals surface area contributed by atoms with Crippen molar-refractivity contribution in [2.45, 2.75) is 19.4 Å². The molecule has 5 nitrogen and oxygen atoms in total. The van der Waals surface area contributed by atoms with Gasteiger partial charge in [-0.15, -0.1) is 0 Å². The van der Waals surface area contributed by atoms with Crippen LogP contribution >= 0.6 is 0 Å². The van der Waals surface area contributed by atoms with Crippen LogP contribution in [0.1, 0.15) is 18.4 Å². The fraction of sp³-hybridized carbons (Fsp3) is 0.294. The van der Waals surface area contributed by atoms with E-state index in [1.165, 1.54) is 0 Å². The van der Waals surface area contributed by atoms with Gasteiger partial charge in [-0.2, -0.15) is 0 Å². The molecule has 0 saturated carbocycles. The third-order valence-electron chi connectivity index (χ3n) is 3.35. The first-order valence-corrected chi connectivity index (χ1v) is 7.20. The van der Waals surface area contributed by atoms with Gasteiger partial charge in [0, 0.05) is 30.9 Å². The molecule has 0 saturated heterocycles. The number of hydrogen-bond donors (Lipinski definition) is 2. The van der Waals surface area contributed by atoms with Crippen molar-refractivity contribution >= 4 is 5.97 Å². The molecule has 5 heteroatoms. The summed E-state index contributed by atoms with van der Waals surface area (Å²) in [6, 6.07) is 9.97. The quantitative estimate of drug-likeness (QED) is 0.733. The fourth-order valence-electron chi connectivity index (χ4n) is 2.23. The third kappa shape index (κ3) is 4.56. The molecule has 0 aliphatic carbocycles. The smallest absolute Gasteiger partial charge is 0.303 e. The number of pyridine rings is 1. The zero-order chi connectivity index (χ0) is 15.8. The maximum atomic E-state index is 10.5. The molecule has 0 unspecified atom stereocenters. The van der Waals surface area contributed by atoms with Crippen LogP contribution in [0.5, 0.6) is 5.75 Å². The lowest BCUT2D eigenvalue weighted by atomic mass is 10.0. The Hall–Kier alpha value is -2.40. The van der Waals surface area contributed by atoms with E-state index in [1.807, 2.05) is 24.3 Å². The van der Waals surface area contributed by atoms with Gasteiger partial charge in [0.15, 0.2) is 0 Å². The summed E-state index contributed by atoms with van der Waals surface area (Å²) in [5.41, 5.74) is 3.25. The van der Waals surface area contributed by atoms with Crippen LogP contribution in [0.3, 0.4) is 0 Å². The van der Waals surface area contributed by atoms with Gasteiger partial charge < -0.3 is 15.2 Å². The van der Waals surface area contributed by atoms with Crippen LogP contribution in [0.25, 0.3) is 11.1 Å². The highest BCUT2D eigenvalue weighted by Crippen LogP contribution is 2.26. The normalized spacial score (nSPS) is 10.4. The molecule has 1 aromatic heterocycles. The molecule has 1 heterocycles. The number of nitrogens with zero attached hydrogens (tertiary/aromatic N) is 1. The van der Waals surface area contributed by atoms with Crippen molar-refractivity contribution in [3.63, 3.8) is 0 Å². The van der Waals surface area contributed by atoms with Gasteiger partial charge in [0.2, 0.25) is 0 Å². The zero-order valence-corrected chi connectivity index (χ0v) is 12.6. The number of aromatic nitrogens is 1. The van der Waals surface area contributed by atoms with Crippen LogP contribution < -0.4 is 10.1 Å². The number of carboxylic acid groups (broad SMARTS) is 1. The molecule has 0 fully saturated rings. The van der Waals surface area contributed by atoms with E-state index in [-0.39, 0.29) is 6.42 Å². The molecule has 0 spiro atoms. The topological polar surface area (TPSA) is 71.5 Å². The number of hydrogen-bond acceptors (Lipinski definition) is 4. The molecule has 22 heavy (non-hydrogen) atoms. The Morgan fingerprint density at radius 3 is 2.68 bits per heavy atom. The minimum Gasteiger partial charge on any atom is -0.496 e. The average molecular weight is 300 g/mol. The Morgan fingerprint density at radius 1 is 1.23 bits per heavy atom. The highest BCUT2D eigenvalue weighted by molar-refractivity contribution is 5.66. The number of benzene rings is 1. The number of carbonyl (C=O) groups is 1. The van der Waals surface area contributed by atoms with E-state index in [2.05, 4.69) is 16.4 Å². The standard InChI is InChI=1S/C17H20N2O3/c1-22-16-5-4-14(13-6-9-18-10-7-13)11-15(16)12-19-8-2-3-17(20)21/h4-7,9-11,19H,2-3,8,12H2,1H3,(H,20,21). The van der Waals surface area contributed by atoms with E-state index in [9.17, 15) is 4.79 Å². The van der Waals surface area contributed by atoms with Gasteiger partial charge in [-0.05, 0) is 48.4 Å². The second-order valence-corrected chi connectivity index (χ2v) is 4.94. The minimum atomic E-state index is -0.765. The molecular formula is C17H20N2O3. The van der Waals surface area contributed by atoms with Crippen LogP contribution in [0, 0.1) is 0 Å². The molecular weight excluding hydrogens is 280 g/mol. The molecule has 0 radical (unpaired) electrons. The minimum absolute atomic E-state index is 0.182. The van der Waals surface area contributed by atoms with Crippen LogP contribution in [0.15, 0.2) is 42.7 Å². The van der Waals surface area contributed by atoms with Gasteiger partial charge in [0.05, 0.1) is 7.11 Å². The number of rotatable bonds is 8. The van der Waals surface area contributed by atoms with Gasteiger partial charge in [-0.3, -0.25) is 9.78 Å². The predicted octanol–water partition coefficient (Wildman–Crippen LogP) is 2.71. The van der Waals surface area contributed by atoms with Crippen LogP contribution in [0.4, 0.5) is 0 Å². The van der Waals surface area contributed by atoms with Gasteiger partial charge in [-0.1, -0.05) is 6.07 Å². The molecule has 2 rings (SSSR count). The van der Waals surface area contributed by atoms with Gasteiger partial charge in [-0.25, -0.2) is 0 Å². The molecule has 0 bridgehead atoms. The lowest BCUT2D eigenvalue weighted by molar-refractivity contribution is -0.137. The van der Waals surface area contributed by atoms with Gasteiger partial charge >= 0.3 is 5.97 Å². The second-order valence-electron chi connectivity index (χ2n) is 4.94. The maximum absolute atomic E-state index is 10.5. The Bertz CT molecular complexity index is 615. The van der Waals surface area contributed by atoms with Gasteiger partial charge in [0.1, 0.15) is 5.75 Å². The summed E-state index contributed by atoms with van der Waals surface area (Å²) in [7, 11) is 1.65. The number of ether oxygens (including phenoxy) is 1. The summed E-state index contributed by atoms with van der Waals surface area (Å²) in [6.07, 6.45) is 4.33. The summed E-state index contributed by atoms with van der Waals surface area (Å²) in [4.78, 5) is 14.5. The number of aliphatic carboxylic acids is 1. The monoisotopic (exact) mass is 300 g/mol. The van der Waals surface area contributed by atoms with Crippen LogP contribution in [-0.2, 0) is 11.3 Å².